The van der Waals surface area contributed by atoms with E-state index in [-0.39, 0.29) is 0 Å². The molecule has 106 valence electrons. The average Bonchev–Trinajstić information content (AvgIpc) is 2.85. The fourth-order valence-electron chi connectivity index (χ4n) is 2.47. The first-order valence-electron chi connectivity index (χ1n) is 6.83. The third-order valence-electron chi connectivity index (χ3n) is 3.45. The van der Waals surface area contributed by atoms with Crippen LogP contribution in [0.15, 0.2) is 12.3 Å². The maximum Gasteiger partial charge on any atom is 0.147 e. The van der Waals surface area contributed by atoms with Crippen molar-refractivity contribution >= 4 is 17.4 Å². The highest BCUT2D eigenvalue weighted by Crippen LogP contribution is 2.29. The van der Waals surface area contributed by atoms with Crippen LogP contribution in [0.4, 0.5) is 5.82 Å². The van der Waals surface area contributed by atoms with Crippen LogP contribution in [-0.2, 0) is 11.3 Å². The smallest absolute Gasteiger partial charge is 0.147 e. The van der Waals surface area contributed by atoms with Crippen LogP contribution in [-0.4, -0.2) is 38.3 Å². The Hall–Kier alpha value is -0.840. The quantitative estimate of drug-likeness (QED) is 0.869. The van der Waals surface area contributed by atoms with Crippen LogP contribution in [0.3, 0.4) is 0 Å². The molecule has 0 saturated carbocycles. The van der Waals surface area contributed by atoms with E-state index >= 15 is 0 Å². The molecule has 4 nitrogen and oxygen atoms in total. The molecule has 1 aromatic rings. The molecule has 0 bridgehead atoms. The molecular formula is C14H22ClN3O. The van der Waals surface area contributed by atoms with Crippen LogP contribution in [0, 0.1) is 5.92 Å². The summed E-state index contributed by atoms with van der Waals surface area (Å²) in [5.74, 6) is 1.49. The summed E-state index contributed by atoms with van der Waals surface area (Å²) < 4.78 is 5.22. The summed E-state index contributed by atoms with van der Waals surface area (Å²) in [6, 6.07) is 2.01. The lowest BCUT2D eigenvalue weighted by Gasteiger charge is -2.19. The van der Waals surface area contributed by atoms with Crippen molar-refractivity contribution in [3.63, 3.8) is 0 Å². The number of nitrogens with zero attached hydrogens (tertiary/aromatic N) is 2. The predicted octanol–water partition coefficient (Wildman–Crippen LogP) is 2.32. The average molecular weight is 284 g/mol. The standard InChI is InChI=1S/C14H22ClN3O/c1-3-16-7-12-6-13(15)14(17-8-12)18-5-4-11(9-18)10-19-2/h6,8,11,16H,3-5,7,9-10H2,1-2H3. The Labute approximate surface area is 120 Å². The Morgan fingerprint density at radius 1 is 1.58 bits per heavy atom. The minimum Gasteiger partial charge on any atom is -0.384 e. The van der Waals surface area contributed by atoms with Crippen LogP contribution >= 0.6 is 11.6 Å². The van der Waals surface area contributed by atoms with Gasteiger partial charge in [0, 0.05) is 38.9 Å². The molecule has 2 rings (SSSR count). The van der Waals surface area contributed by atoms with E-state index in [0.717, 1.165) is 55.6 Å². The Bertz CT molecular complexity index is 414. The van der Waals surface area contributed by atoms with Crippen LogP contribution in [0.5, 0.6) is 0 Å². The minimum atomic E-state index is 0.587. The molecule has 1 N–H and O–H groups in total. The lowest BCUT2D eigenvalue weighted by Crippen LogP contribution is -2.22. The summed E-state index contributed by atoms with van der Waals surface area (Å²) in [6.07, 6.45) is 3.05. The van der Waals surface area contributed by atoms with E-state index in [9.17, 15) is 0 Å². The SMILES string of the molecule is CCNCc1cnc(N2CCC(COC)C2)c(Cl)c1. The Kier molecular flexibility index (Phi) is 5.43. The Morgan fingerprint density at radius 2 is 2.42 bits per heavy atom. The normalized spacial score (nSPS) is 19.1. The number of hydrogen-bond acceptors (Lipinski definition) is 4. The molecule has 0 amide bonds. The summed E-state index contributed by atoms with van der Waals surface area (Å²) in [4.78, 5) is 6.77. The first kappa shape index (κ1) is 14.6. The van der Waals surface area contributed by atoms with E-state index in [2.05, 4.69) is 22.1 Å². The van der Waals surface area contributed by atoms with Gasteiger partial charge in [-0.3, -0.25) is 0 Å². The highest BCUT2D eigenvalue weighted by atomic mass is 35.5. The highest BCUT2D eigenvalue weighted by molar-refractivity contribution is 6.33. The zero-order valence-electron chi connectivity index (χ0n) is 11.7. The third-order valence-corrected chi connectivity index (χ3v) is 3.72. The Morgan fingerprint density at radius 3 is 3.11 bits per heavy atom. The van der Waals surface area contributed by atoms with Gasteiger partial charge in [0.15, 0.2) is 0 Å². The van der Waals surface area contributed by atoms with Gasteiger partial charge in [0.05, 0.1) is 11.6 Å². The number of methoxy groups -OCH3 is 1. The van der Waals surface area contributed by atoms with Crippen LogP contribution in [0.2, 0.25) is 5.02 Å². The van der Waals surface area contributed by atoms with E-state index in [4.69, 9.17) is 16.3 Å². The Balaban J connectivity index is 2.01. The molecule has 1 atom stereocenters. The van der Waals surface area contributed by atoms with Gasteiger partial charge in [0.2, 0.25) is 0 Å². The first-order valence-corrected chi connectivity index (χ1v) is 7.21. The maximum absolute atomic E-state index is 6.35. The van der Waals surface area contributed by atoms with E-state index in [1.165, 1.54) is 0 Å². The van der Waals surface area contributed by atoms with Gasteiger partial charge < -0.3 is 15.0 Å². The predicted molar refractivity (Wildman–Crippen MR) is 78.8 cm³/mol. The molecule has 1 saturated heterocycles. The van der Waals surface area contributed by atoms with Crippen molar-refractivity contribution in [1.29, 1.82) is 0 Å². The van der Waals surface area contributed by atoms with Crippen molar-refractivity contribution in [3.05, 3.63) is 22.8 Å². The number of nitrogens with one attached hydrogen (secondary N) is 1. The highest BCUT2D eigenvalue weighted by Gasteiger charge is 2.24. The van der Waals surface area contributed by atoms with Gasteiger partial charge in [-0.2, -0.15) is 0 Å². The topological polar surface area (TPSA) is 37.4 Å². The van der Waals surface area contributed by atoms with Crippen molar-refractivity contribution in [2.75, 3.05) is 38.3 Å². The first-order chi connectivity index (χ1) is 9.24. The van der Waals surface area contributed by atoms with Gasteiger partial charge in [-0.05, 0) is 24.6 Å². The third kappa shape index (κ3) is 3.81. The molecule has 1 unspecified atom stereocenters. The van der Waals surface area contributed by atoms with Crippen LogP contribution < -0.4 is 10.2 Å². The molecule has 0 aromatic carbocycles. The monoisotopic (exact) mass is 283 g/mol. The molecule has 0 aliphatic carbocycles. The van der Waals surface area contributed by atoms with E-state index in [1.807, 2.05) is 12.3 Å². The van der Waals surface area contributed by atoms with Gasteiger partial charge >= 0.3 is 0 Å². The van der Waals surface area contributed by atoms with Gasteiger partial charge in [-0.1, -0.05) is 18.5 Å². The molecule has 0 spiro atoms. The summed E-state index contributed by atoms with van der Waals surface area (Å²) >= 11 is 6.35. The minimum absolute atomic E-state index is 0.587. The number of rotatable bonds is 6. The number of pyridine rings is 1. The molecule has 5 heteroatoms. The van der Waals surface area contributed by atoms with Gasteiger partial charge in [0.25, 0.3) is 0 Å². The zero-order chi connectivity index (χ0) is 13.7. The molecule has 19 heavy (non-hydrogen) atoms. The van der Waals surface area contributed by atoms with Crippen molar-refractivity contribution in [2.24, 2.45) is 5.92 Å². The molecule has 1 aromatic heterocycles. The molecular weight excluding hydrogens is 262 g/mol. The molecule has 1 fully saturated rings. The maximum atomic E-state index is 6.35. The van der Waals surface area contributed by atoms with Gasteiger partial charge in [-0.15, -0.1) is 0 Å². The number of hydrogen-bond donors (Lipinski definition) is 1. The van der Waals surface area contributed by atoms with Gasteiger partial charge in [-0.25, -0.2) is 4.98 Å². The summed E-state index contributed by atoms with van der Waals surface area (Å²) in [5.41, 5.74) is 1.13. The molecule has 2 heterocycles. The second-order valence-electron chi connectivity index (χ2n) is 4.99. The number of anilines is 1. The largest absolute Gasteiger partial charge is 0.384 e. The van der Waals surface area contributed by atoms with Crippen molar-refractivity contribution in [3.8, 4) is 0 Å². The van der Waals surface area contributed by atoms with Crippen molar-refractivity contribution < 1.29 is 4.74 Å². The molecule has 1 aliphatic heterocycles. The summed E-state index contributed by atoms with van der Waals surface area (Å²) in [6.45, 7) is 6.65. The number of ether oxygens (including phenoxy) is 1. The summed E-state index contributed by atoms with van der Waals surface area (Å²) in [7, 11) is 1.75. The molecule has 0 radical (unpaired) electrons. The van der Waals surface area contributed by atoms with E-state index in [0.29, 0.717) is 5.92 Å². The molecule has 1 aliphatic rings. The fourth-order valence-corrected chi connectivity index (χ4v) is 2.77. The van der Waals surface area contributed by atoms with Crippen molar-refractivity contribution in [2.45, 2.75) is 19.9 Å². The lowest BCUT2D eigenvalue weighted by molar-refractivity contribution is 0.161. The number of halogens is 1. The second kappa shape index (κ2) is 7.08. The zero-order valence-corrected chi connectivity index (χ0v) is 12.4. The van der Waals surface area contributed by atoms with E-state index < -0.39 is 0 Å². The number of aromatic nitrogens is 1. The van der Waals surface area contributed by atoms with Crippen molar-refractivity contribution in [1.82, 2.24) is 10.3 Å². The van der Waals surface area contributed by atoms with E-state index in [1.54, 1.807) is 7.11 Å². The second-order valence-corrected chi connectivity index (χ2v) is 5.39. The lowest BCUT2D eigenvalue weighted by atomic mass is 10.1. The van der Waals surface area contributed by atoms with Crippen LogP contribution in [0.1, 0.15) is 18.9 Å². The fraction of sp³-hybridized carbons (Fsp3) is 0.643. The van der Waals surface area contributed by atoms with Crippen LogP contribution in [0.25, 0.3) is 0 Å². The van der Waals surface area contributed by atoms with Gasteiger partial charge in [0.1, 0.15) is 5.82 Å². The summed E-state index contributed by atoms with van der Waals surface area (Å²) in [5, 5.41) is 4.02.